The van der Waals surface area contributed by atoms with Gasteiger partial charge in [-0.15, -0.1) is 0 Å². The molecule has 0 N–H and O–H groups in total. The van der Waals surface area contributed by atoms with Crippen LogP contribution in [0.3, 0.4) is 0 Å². The number of benzene rings is 1. The van der Waals surface area contributed by atoms with Crippen LogP contribution in [0.25, 0.3) is 21.8 Å². The molecule has 0 spiro atoms. The van der Waals surface area contributed by atoms with Crippen LogP contribution < -0.4 is 0 Å². The molecule has 0 aliphatic rings. The van der Waals surface area contributed by atoms with Crippen molar-refractivity contribution in [2.24, 2.45) is 0 Å². The van der Waals surface area contributed by atoms with E-state index in [1.807, 2.05) is 18.2 Å². The van der Waals surface area contributed by atoms with Gasteiger partial charge in [0.1, 0.15) is 0 Å². The Morgan fingerprint density at radius 1 is 0.929 bits per heavy atom. The number of pyridine rings is 2. The Morgan fingerprint density at radius 3 is 2.79 bits per heavy atom. The van der Waals surface area contributed by atoms with Gasteiger partial charge in [0.15, 0.2) is 0 Å². The first-order valence-electron chi connectivity index (χ1n) is 4.37. The van der Waals surface area contributed by atoms with E-state index in [-0.39, 0.29) is 0 Å². The maximum Gasteiger partial charge on any atom is 0.0971 e. The molecule has 3 aromatic rings. The number of fused-ring (bicyclic) bond motifs is 3. The minimum Gasteiger partial charge on any atom is -0.254 e. The van der Waals surface area contributed by atoms with Crippen LogP contribution in [0.4, 0.5) is 0 Å². The van der Waals surface area contributed by atoms with Crippen molar-refractivity contribution in [1.82, 2.24) is 9.97 Å². The Kier molecular flexibility index (Phi) is 1.47. The standard InChI is InChI=1S/C12H6N2/c1-3-9-5-6-10-4-2-8-14-12(10)11(9)13-7-1/h1-3,6-8H. The van der Waals surface area contributed by atoms with E-state index in [0.717, 1.165) is 21.8 Å². The predicted molar refractivity (Wildman–Crippen MR) is 54.7 cm³/mol. The molecule has 0 unspecified atom stereocenters. The highest BCUT2D eigenvalue weighted by molar-refractivity contribution is 6.01. The molecule has 0 saturated heterocycles. The van der Waals surface area contributed by atoms with E-state index in [1.54, 1.807) is 18.5 Å². The molecular formula is C12H6N2. The van der Waals surface area contributed by atoms with Crippen molar-refractivity contribution in [1.29, 1.82) is 0 Å². The fraction of sp³-hybridized carbons (Fsp3) is 0. The summed E-state index contributed by atoms with van der Waals surface area (Å²) in [6.07, 6.45) is 3.50. The van der Waals surface area contributed by atoms with Gasteiger partial charge in [-0.2, -0.15) is 0 Å². The van der Waals surface area contributed by atoms with Crippen molar-refractivity contribution in [3.8, 4) is 0 Å². The van der Waals surface area contributed by atoms with E-state index in [2.05, 4.69) is 22.1 Å². The number of nitrogens with zero attached hydrogens (tertiary/aromatic N) is 2. The minimum atomic E-state index is 0.891. The summed E-state index contributed by atoms with van der Waals surface area (Å²) in [7, 11) is 0. The number of hydrogen-bond donors (Lipinski definition) is 0. The van der Waals surface area contributed by atoms with Crippen LogP contribution >= 0.6 is 0 Å². The molecular weight excluding hydrogens is 172 g/mol. The normalized spacial score (nSPS) is 10.9. The average Bonchev–Trinajstić information content (AvgIpc) is 2.29. The van der Waals surface area contributed by atoms with Crippen LogP contribution in [0.5, 0.6) is 0 Å². The molecule has 0 amide bonds. The summed E-state index contributed by atoms with van der Waals surface area (Å²) in [5.74, 6) is 0. The van der Waals surface area contributed by atoms with Gasteiger partial charge in [-0.05, 0) is 30.3 Å². The van der Waals surface area contributed by atoms with Gasteiger partial charge in [-0.1, -0.05) is 6.07 Å². The van der Waals surface area contributed by atoms with Gasteiger partial charge in [0.25, 0.3) is 0 Å². The van der Waals surface area contributed by atoms with Gasteiger partial charge < -0.3 is 0 Å². The average molecular weight is 178 g/mol. The molecule has 0 saturated carbocycles. The molecule has 14 heavy (non-hydrogen) atoms. The number of aromatic nitrogens is 2. The van der Waals surface area contributed by atoms with Crippen LogP contribution in [0.1, 0.15) is 0 Å². The summed E-state index contributed by atoms with van der Waals surface area (Å²) >= 11 is 0. The predicted octanol–water partition coefficient (Wildman–Crippen LogP) is 2.38. The molecule has 3 rings (SSSR count). The lowest BCUT2D eigenvalue weighted by atomic mass is 10.1. The lowest BCUT2D eigenvalue weighted by Gasteiger charge is -1.99. The molecule has 2 aromatic heterocycles. The zero-order valence-electron chi connectivity index (χ0n) is 7.36. The fourth-order valence-electron chi connectivity index (χ4n) is 1.54. The molecule has 0 aliphatic heterocycles. The highest BCUT2D eigenvalue weighted by Gasteiger charge is 2.00. The van der Waals surface area contributed by atoms with E-state index < -0.39 is 0 Å². The largest absolute Gasteiger partial charge is 0.254 e. The first-order valence-corrected chi connectivity index (χ1v) is 4.37. The summed E-state index contributed by atoms with van der Waals surface area (Å²) in [6, 6.07) is 13.8. The smallest absolute Gasteiger partial charge is 0.0971 e. The molecule has 2 heteroatoms. The third kappa shape index (κ3) is 0.973. The van der Waals surface area contributed by atoms with E-state index in [1.165, 1.54) is 0 Å². The van der Waals surface area contributed by atoms with Gasteiger partial charge in [0.2, 0.25) is 0 Å². The molecule has 2 heterocycles. The molecule has 1 aromatic carbocycles. The van der Waals surface area contributed by atoms with Gasteiger partial charge in [0, 0.05) is 23.2 Å². The fourth-order valence-corrected chi connectivity index (χ4v) is 1.54. The summed E-state index contributed by atoms with van der Waals surface area (Å²) in [6.45, 7) is 0. The second-order valence-corrected chi connectivity index (χ2v) is 3.04. The first-order chi connectivity index (χ1) is 6.95. The Balaban J connectivity index is 2.61. The lowest BCUT2D eigenvalue weighted by molar-refractivity contribution is 1.37. The molecule has 2 radical (unpaired) electrons. The number of rotatable bonds is 0. The zero-order chi connectivity index (χ0) is 9.38. The lowest BCUT2D eigenvalue weighted by Crippen LogP contribution is -1.83. The summed E-state index contributed by atoms with van der Waals surface area (Å²) in [5, 5.41) is 1.95. The van der Waals surface area contributed by atoms with Crippen LogP contribution in [0.2, 0.25) is 0 Å². The van der Waals surface area contributed by atoms with Crippen molar-refractivity contribution in [3.05, 3.63) is 48.8 Å². The Morgan fingerprint density at radius 2 is 1.79 bits per heavy atom. The van der Waals surface area contributed by atoms with Crippen molar-refractivity contribution in [3.63, 3.8) is 0 Å². The molecule has 2 nitrogen and oxygen atoms in total. The summed E-state index contributed by atoms with van der Waals surface area (Å²) in [4.78, 5) is 8.59. The third-order valence-electron chi connectivity index (χ3n) is 2.18. The van der Waals surface area contributed by atoms with E-state index in [4.69, 9.17) is 0 Å². The first kappa shape index (κ1) is 7.44. The SMILES string of the molecule is [c]1ccnc2c1c[c]c1cccnc12. The molecule has 0 atom stereocenters. The van der Waals surface area contributed by atoms with Crippen molar-refractivity contribution in [2.75, 3.05) is 0 Å². The minimum absolute atomic E-state index is 0.891. The monoisotopic (exact) mass is 178 g/mol. The maximum absolute atomic E-state index is 4.30. The summed E-state index contributed by atoms with van der Waals surface area (Å²) in [5.41, 5.74) is 1.78. The van der Waals surface area contributed by atoms with Gasteiger partial charge in [-0.25, -0.2) is 0 Å². The molecule has 64 valence electrons. The quantitative estimate of drug-likeness (QED) is 0.494. The van der Waals surface area contributed by atoms with Gasteiger partial charge in [-0.3, -0.25) is 9.97 Å². The van der Waals surface area contributed by atoms with Crippen LogP contribution in [0.15, 0.2) is 36.7 Å². The summed E-state index contributed by atoms with van der Waals surface area (Å²) < 4.78 is 0. The Bertz CT molecular complexity index is 547. The topological polar surface area (TPSA) is 25.8 Å². The van der Waals surface area contributed by atoms with Gasteiger partial charge >= 0.3 is 0 Å². The molecule has 0 fully saturated rings. The Labute approximate surface area is 81.2 Å². The van der Waals surface area contributed by atoms with E-state index in [9.17, 15) is 0 Å². The zero-order valence-corrected chi connectivity index (χ0v) is 7.36. The van der Waals surface area contributed by atoms with Crippen LogP contribution in [-0.2, 0) is 0 Å². The second kappa shape index (κ2) is 2.77. The van der Waals surface area contributed by atoms with Crippen molar-refractivity contribution < 1.29 is 0 Å². The maximum atomic E-state index is 4.30. The van der Waals surface area contributed by atoms with E-state index >= 15 is 0 Å². The highest BCUT2D eigenvalue weighted by atomic mass is 14.7. The molecule has 0 bridgehead atoms. The second-order valence-electron chi connectivity index (χ2n) is 3.04. The highest BCUT2D eigenvalue weighted by Crippen LogP contribution is 2.19. The number of hydrogen-bond acceptors (Lipinski definition) is 2. The van der Waals surface area contributed by atoms with E-state index in [0.29, 0.717) is 0 Å². The van der Waals surface area contributed by atoms with Crippen LogP contribution in [0, 0.1) is 12.1 Å². The third-order valence-corrected chi connectivity index (χ3v) is 2.18. The van der Waals surface area contributed by atoms with Crippen molar-refractivity contribution in [2.45, 2.75) is 0 Å². The molecule has 0 aliphatic carbocycles. The van der Waals surface area contributed by atoms with Crippen molar-refractivity contribution >= 4 is 21.8 Å². The van der Waals surface area contributed by atoms with Gasteiger partial charge in [0.05, 0.1) is 11.0 Å². The Hall–Kier alpha value is -1.96. The van der Waals surface area contributed by atoms with Crippen LogP contribution in [-0.4, -0.2) is 9.97 Å².